The lowest BCUT2D eigenvalue weighted by atomic mass is 9.96. The van der Waals surface area contributed by atoms with Gasteiger partial charge in [0, 0.05) is 19.0 Å². The molecule has 2 aromatic carbocycles. The molecule has 4 rings (SSSR count). The van der Waals surface area contributed by atoms with Crippen LogP contribution in [-0.2, 0) is 14.3 Å². The summed E-state index contributed by atoms with van der Waals surface area (Å²) in [6.07, 6.45) is 3.13. The number of nitrogens with zero attached hydrogens (tertiary/aromatic N) is 1. The second-order valence-electron chi connectivity index (χ2n) is 7.48. The molecular weight excluding hydrogens is 358 g/mol. The third kappa shape index (κ3) is 3.72. The minimum Gasteiger partial charge on any atom is -0.465 e. The highest BCUT2D eigenvalue weighted by Crippen LogP contribution is 2.33. The van der Waals surface area contributed by atoms with Crippen LogP contribution in [0.3, 0.4) is 0 Å². The van der Waals surface area contributed by atoms with Crippen molar-refractivity contribution in [2.75, 3.05) is 20.2 Å². The van der Waals surface area contributed by atoms with E-state index in [-0.39, 0.29) is 35.0 Å². The van der Waals surface area contributed by atoms with E-state index in [1.165, 1.54) is 7.11 Å². The number of esters is 2. The van der Waals surface area contributed by atoms with Gasteiger partial charge in [0.1, 0.15) is 11.3 Å². The summed E-state index contributed by atoms with van der Waals surface area (Å²) >= 11 is 0. The van der Waals surface area contributed by atoms with Crippen LogP contribution in [-0.4, -0.2) is 42.9 Å². The van der Waals surface area contributed by atoms with Crippen LogP contribution in [0.4, 0.5) is 0 Å². The largest absolute Gasteiger partial charge is 0.465 e. The van der Waals surface area contributed by atoms with Crippen molar-refractivity contribution in [2.24, 2.45) is 11.8 Å². The molecule has 0 bridgehead atoms. The Morgan fingerprint density at radius 2 is 1.57 bits per heavy atom. The number of methoxy groups -OCH3 is 1. The zero-order chi connectivity index (χ0) is 19.7. The fourth-order valence-corrected chi connectivity index (χ4v) is 3.69. The summed E-state index contributed by atoms with van der Waals surface area (Å²) in [7, 11) is 1.30. The highest BCUT2D eigenvalue weighted by atomic mass is 16.5. The molecule has 0 atom stereocenters. The van der Waals surface area contributed by atoms with Gasteiger partial charge in [-0.2, -0.15) is 0 Å². The normalized spacial score (nSPS) is 17.4. The van der Waals surface area contributed by atoms with Gasteiger partial charge in [-0.3, -0.25) is 9.59 Å². The quantitative estimate of drug-likeness (QED) is 0.601. The summed E-state index contributed by atoms with van der Waals surface area (Å²) in [6, 6.07) is 10.9. The fraction of sp³-hybridized carbons (Fsp3) is 0.409. The van der Waals surface area contributed by atoms with E-state index in [1.807, 2.05) is 29.2 Å². The Morgan fingerprint density at radius 1 is 0.929 bits per heavy atom. The number of amides is 1. The first-order chi connectivity index (χ1) is 13.6. The van der Waals surface area contributed by atoms with Crippen molar-refractivity contribution in [1.29, 1.82) is 0 Å². The highest BCUT2D eigenvalue weighted by molar-refractivity contribution is 5.99. The molecule has 1 aliphatic carbocycles. The topological polar surface area (TPSA) is 72.9 Å². The minimum absolute atomic E-state index is 0.198. The highest BCUT2D eigenvalue weighted by Gasteiger charge is 2.36. The van der Waals surface area contributed by atoms with Crippen LogP contribution >= 0.6 is 0 Å². The van der Waals surface area contributed by atoms with Crippen LogP contribution in [0.5, 0.6) is 5.75 Å². The van der Waals surface area contributed by atoms with Crippen molar-refractivity contribution in [3.8, 4) is 5.75 Å². The van der Waals surface area contributed by atoms with Gasteiger partial charge in [0.15, 0.2) is 0 Å². The van der Waals surface area contributed by atoms with E-state index in [1.54, 1.807) is 12.1 Å². The first-order valence-electron chi connectivity index (χ1n) is 9.68. The summed E-state index contributed by atoms with van der Waals surface area (Å²) in [6.45, 7) is 1.16. The molecule has 6 nitrogen and oxygen atoms in total. The molecule has 0 aromatic heterocycles. The molecule has 1 saturated heterocycles. The Labute approximate surface area is 163 Å². The lowest BCUT2D eigenvalue weighted by Gasteiger charge is -2.31. The van der Waals surface area contributed by atoms with E-state index in [4.69, 9.17) is 9.47 Å². The number of carbonyl (C=O) groups is 3. The van der Waals surface area contributed by atoms with Crippen molar-refractivity contribution < 1.29 is 23.9 Å². The Bertz CT molecular complexity index is 926. The average molecular weight is 381 g/mol. The van der Waals surface area contributed by atoms with Gasteiger partial charge in [-0.05, 0) is 48.6 Å². The van der Waals surface area contributed by atoms with Gasteiger partial charge in [0.05, 0.1) is 13.0 Å². The lowest BCUT2D eigenvalue weighted by molar-refractivity contribution is -0.143. The Balaban J connectivity index is 1.48. The van der Waals surface area contributed by atoms with Gasteiger partial charge < -0.3 is 14.4 Å². The Morgan fingerprint density at radius 3 is 2.18 bits per heavy atom. The molecule has 0 radical (unpaired) electrons. The van der Waals surface area contributed by atoms with E-state index in [0.717, 1.165) is 23.6 Å². The molecular formula is C22H23NO5. The first-order valence-corrected chi connectivity index (χ1v) is 9.68. The number of piperidine rings is 1. The maximum Gasteiger partial charge on any atom is 0.341 e. The molecule has 1 amide bonds. The smallest absolute Gasteiger partial charge is 0.341 e. The molecule has 0 unspecified atom stereocenters. The van der Waals surface area contributed by atoms with Gasteiger partial charge in [0.25, 0.3) is 0 Å². The van der Waals surface area contributed by atoms with Gasteiger partial charge in [-0.1, -0.05) is 24.3 Å². The molecule has 146 valence electrons. The number of carbonyl (C=O) groups excluding carboxylic acids is 3. The lowest BCUT2D eigenvalue weighted by Crippen LogP contribution is -2.41. The molecule has 2 aromatic rings. The second kappa shape index (κ2) is 7.62. The SMILES string of the molecule is COC(=O)c1cc2ccccc2cc1OC(=O)C1CCN(C(=O)C2CC2)CC1. The molecule has 1 saturated carbocycles. The number of fused-ring (bicyclic) bond motifs is 1. The first kappa shape index (κ1) is 18.5. The number of hydrogen-bond acceptors (Lipinski definition) is 5. The van der Waals surface area contributed by atoms with E-state index in [9.17, 15) is 14.4 Å². The van der Waals surface area contributed by atoms with Gasteiger partial charge in [-0.25, -0.2) is 4.79 Å². The molecule has 0 spiro atoms. The molecule has 28 heavy (non-hydrogen) atoms. The predicted octanol–water partition coefficient (Wildman–Crippen LogP) is 3.18. The maximum absolute atomic E-state index is 12.7. The predicted molar refractivity (Wildman–Crippen MR) is 103 cm³/mol. The number of likely N-dealkylation sites (tertiary alicyclic amines) is 1. The molecule has 2 aliphatic rings. The number of rotatable bonds is 4. The molecule has 1 heterocycles. The fourth-order valence-electron chi connectivity index (χ4n) is 3.69. The Hall–Kier alpha value is -2.89. The standard InChI is InChI=1S/C22H23NO5/c1-27-22(26)18-12-16-4-2-3-5-17(16)13-19(18)28-21(25)15-8-10-23(11-9-15)20(24)14-6-7-14/h2-5,12-15H,6-11H2,1H3. The Kier molecular flexibility index (Phi) is 5.03. The van der Waals surface area contributed by atoms with Crippen molar-refractivity contribution in [3.05, 3.63) is 42.0 Å². The molecule has 0 N–H and O–H groups in total. The second-order valence-corrected chi connectivity index (χ2v) is 7.48. The summed E-state index contributed by atoms with van der Waals surface area (Å²) in [5.74, 6) is -0.553. The molecule has 2 fully saturated rings. The van der Waals surface area contributed by atoms with E-state index in [2.05, 4.69) is 0 Å². The number of ether oxygens (including phenoxy) is 2. The zero-order valence-electron chi connectivity index (χ0n) is 15.8. The van der Waals surface area contributed by atoms with Crippen molar-refractivity contribution in [2.45, 2.75) is 25.7 Å². The van der Waals surface area contributed by atoms with Crippen molar-refractivity contribution in [3.63, 3.8) is 0 Å². The van der Waals surface area contributed by atoms with Gasteiger partial charge in [-0.15, -0.1) is 0 Å². The minimum atomic E-state index is -0.543. The van der Waals surface area contributed by atoms with Gasteiger partial charge >= 0.3 is 11.9 Å². The van der Waals surface area contributed by atoms with E-state index < -0.39 is 5.97 Å². The van der Waals surface area contributed by atoms with E-state index >= 15 is 0 Å². The third-order valence-electron chi connectivity index (χ3n) is 5.53. The van der Waals surface area contributed by atoms with Crippen LogP contribution in [0.15, 0.2) is 36.4 Å². The van der Waals surface area contributed by atoms with Crippen molar-refractivity contribution >= 4 is 28.6 Å². The zero-order valence-corrected chi connectivity index (χ0v) is 15.8. The summed E-state index contributed by atoms with van der Waals surface area (Å²) in [5, 5.41) is 1.75. The number of hydrogen-bond donors (Lipinski definition) is 0. The monoisotopic (exact) mass is 381 g/mol. The maximum atomic E-state index is 12.7. The van der Waals surface area contributed by atoms with E-state index in [0.29, 0.717) is 25.9 Å². The van der Waals surface area contributed by atoms with Crippen molar-refractivity contribution in [1.82, 2.24) is 4.90 Å². The van der Waals surface area contributed by atoms with Crippen LogP contribution in [0.25, 0.3) is 10.8 Å². The van der Waals surface area contributed by atoms with Crippen LogP contribution < -0.4 is 4.74 Å². The average Bonchev–Trinajstić information content (AvgIpc) is 3.57. The summed E-state index contributed by atoms with van der Waals surface area (Å²) in [4.78, 5) is 38.9. The van der Waals surface area contributed by atoms with Gasteiger partial charge in [0.2, 0.25) is 5.91 Å². The number of benzene rings is 2. The summed E-state index contributed by atoms with van der Waals surface area (Å²) < 4.78 is 10.5. The summed E-state index contributed by atoms with van der Waals surface area (Å²) in [5.41, 5.74) is 0.232. The van der Waals surface area contributed by atoms with Crippen LogP contribution in [0.2, 0.25) is 0 Å². The molecule has 6 heteroatoms. The van der Waals surface area contributed by atoms with Crippen LogP contribution in [0.1, 0.15) is 36.0 Å². The van der Waals surface area contributed by atoms with Crippen LogP contribution in [0, 0.1) is 11.8 Å². The molecule has 1 aliphatic heterocycles. The third-order valence-corrected chi connectivity index (χ3v) is 5.53.